The summed E-state index contributed by atoms with van der Waals surface area (Å²) in [6.07, 6.45) is -8.23. The molecule has 0 bridgehead atoms. The van der Waals surface area contributed by atoms with Gasteiger partial charge in [-0.1, -0.05) is 0 Å². The number of nitrogens with two attached hydrogens (primary N) is 1. The van der Waals surface area contributed by atoms with Crippen LogP contribution in [0.1, 0.15) is 0 Å². The Kier molecular flexibility index (Phi) is 5.78. The molecule has 5 unspecified atom stereocenters. The number of hydrogen-bond donors (Lipinski definition) is 6. The lowest BCUT2D eigenvalue weighted by atomic mass is 9.98. The number of sulfone groups is 1. The highest BCUT2D eigenvalue weighted by molar-refractivity contribution is 7.91. The topological polar surface area (TPSA) is 179 Å². The lowest BCUT2D eigenvalue weighted by Crippen LogP contribution is -2.61. The Morgan fingerprint density at radius 1 is 0.897 bits per heavy atom. The fourth-order valence-electron chi connectivity index (χ4n) is 2.88. The number of carbonyl (C=O) groups is 1. The highest BCUT2D eigenvalue weighted by atomic mass is 32.2. The number of aliphatic hydroxyl groups is 3. The zero-order valence-electron chi connectivity index (χ0n) is 14.9. The molecule has 0 amide bonds. The van der Waals surface area contributed by atoms with Crippen molar-refractivity contribution in [2.45, 2.75) is 40.4 Å². The highest BCUT2D eigenvalue weighted by Crippen LogP contribution is 2.26. The molecule has 1 heterocycles. The number of nitrogen functional groups attached to an aromatic ring is 1. The van der Waals surface area contributed by atoms with Crippen molar-refractivity contribution in [3.05, 3.63) is 48.5 Å². The van der Waals surface area contributed by atoms with E-state index in [1.807, 2.05) is 0 Å². The number of benzene rings is 2. The van der Waals surface area contributed by atoms with Gasteiger partial charge in [0.15, 0.2) is 12.3 Å². The van der Waals surface area contributed by atoms with Gasteiger partial charge in [0.25, 0.3) is 0 Å². The highest BCUT2D eigenvalue weighted by Gasteiger charge is 2.46. The first-order chi connectivity index (χ1) is 13.6. The average Bonchev–Trinajstić information content (AvgIpc) is 2.69. The number of carboxylic acid groups (broad SMARTS) is 1. The van der Waals surface area contributed by atoms with Crippen molar-refractivity contribution >= 4 is 27.2 Å². The number of rotatable bonds is 5. The normalized spacial score (nSPS) is 27.3. The van der Waals surface area contributed by atoms with Crippen LogP contribution in [0.25, 0.3) is 0 Å². The number of aliphatic hydroxyl groups excluding tert-OH is 3. The van der Waals surface area contributed by atoms with E-state index in [9.17, 15) is 28.5 Å². The molecule has 11 heteroatoms. The van der Waals surface area contributed by atoms with E-state index < -0.39 is 46.5 Å². The molecular formula is C18H20N2O8S. The molecule has 0 aromatic heterocycles. The summed E-state index contributed by atoms with van der Waals surface area (Å²) in [5, 5.41) is 41.3. The lowest BCUT2D eigenvalue weighted by Gasteiger charge is -2.39. The maximum absolute atomic E-state index is 12.6. The van der Waals surface area contributed by atoms with Crippen molar-refractivity contribution in [2.75, 3.05) is 11.1 Å². The van der Waals surface area contributed by atoms with Gasteiger partial charge in [0.2, 0.25) is 9.84 Å². The third-order valence-electron chi connectivity index (χ3n) is 4.52. The second-order valence-electron chi connectivity index (χ2n) is 6.53. The van der Waals surface area contributed by atoms with E-state index in [0.29, 0.717) is 11.4 Å². The first kappa shape index (κ1) is 21.0. The maximum Gasteiger partial charge on any atom is 0.335 e. The van der Waals surface area contributed by atoms with Crippen LogP contribution in [0.4, 0.5) is 11.4 Å². The molecule has 29 heavy (non-hydrogen) atoms. The van der Waals surface area contributed by atoms with Crippen LogP contribution in [0.5, 0.6) is 0 Å². The Morgan fingerprint density at radius 3 is 1.93 bits per heavy atom. The average molecular weight is 424 g/mol. The van der Waals surface area contributed by atoms with E-state index in [-0.39, 0.29) is 9.79 Å². The molecule has 3 rings (SSSR count). The van der Waals surface area contributed by atoms with Gasteiger partial charge in [-0.25, -0.2) is 13.2 Å². The van der Waals surface area contributed by atoms with Crippen LogP contribution in [-0.4, -0.2) is 65.5 Å². The number of anilines is 2. The molecule has 2 aromatic rings. The van der Waals surface area contributed by atoms with Crippen LogP contribution >= 0.6 is 0 Å². The van der Waals surface area contributed by atoms with Gasteiger partial charge in [-0.2, -0.15) is 0 Å². The van der Waals surface area contributed by atoms with Crippen LogP contribution in [0.2, 0.25) is 0 Å². The molecule has 0 aliphatic carbocycles. The number of carboxylic acids is 1. The van der Waals surface area contributed by atoms with Gasteiger partial charge in [-0.05, 0) is 48.5 Å². The molecule has 1 saturated heterocycles. The molecule has 0 radical (unpaired) electrons. The SMILES string of the molecule is Nc1ccc(S(=O)(=O)c2ccc(NC3OC(C(=O)O)C(O)C(O)C3O)cc2)cc1. The quantitative estimate of drug-likeness (QED) is 0.340. The summed E-state index contributed by atoms with van der Waals surface area (Å²) in [6.45, 7) is 0. The monoisotopic (exact) mass is 424 g/mol. The molecule has 7 N–H and O–H groups in total. The Hall–Kier alpha value is -2.70. The van der Waals surface area contributed by atoms with Gasteiger partial charge in [0, 0.05) is 11.4 Å². The minimum atomic E-state index is -3.77. The second-order valence-corrected chi connectivity index (χ2v) is 8.48. The van der Waals surface area contributed by atoms with Crippen LogP contribution in [0.15, 0.2) is 58.3 Å². The molecule has 5 atom stereocenters. The van der Waals surface area contributed by atoms with Gasteiger partial charge in [0.1, 0.15) is 18.3 Å². The largest absolute Gasteiger partial charge is 0.479 e. The van der Waals surface area contributed by atoms with E-state index >= 15 is 0 Å². The van der Waals surface area contributed by atoms with Crippen molar-refractivity contribution in [3.8, 4) is 0 Å². The van der Waals surface area contributed by atoms with E-state index in [1.54, 1.807) is 0 Å². The summed E-state index contributed by atoms with van der Waals surface area (Å²) in [6, 6.07) is 11.2. The number of ether oxygens (including phenoxy) is 1. The predicted molar refractivity (Wildman–Crippen MR) is 101 cm³/mol. The Morgan fingerprint density at radius 2 is 1.41 bits per heavy atom. The molecule has 10 nitrogen and oxygen atoms in total. The standard InChI is InChI=1S/C18H20N2O8S/c19-9-1-5-11(6-2-9)29(26,27)12-7-3-10(4-8-12)20-17-15(23)13(21)14(22)16(28-17)18(24)25/h1-8,13-17,20-23H,19H2,(H,24,25). The fourth-order valence-corrected chi connectivity index (χ4v) is 4.14. The van der Waals surface area contributed by atoms with Gasteiger partial charge in [-0.15, -0.1) is 0 Å². The number of nitrogens with one attached hydrogen (secondary N) is 1. The molecule has 1 aliphatic heterocycles. The van der Waals surface area contributed by atoms with Crippen molar-refractivity contribution < 1.29 is 38.4 Å². The van der Waals surface area contributed by atoms with Crippen LogP contribution < -0.4 is 11.1 Å². The zero-order valence-corrected chi connectivity index (χ0v) is 15.7. The van der Waals surface area contributed by atoms with Crippen LogP contribution in [0.3, 0.4) is 0 Å². The van der Waals surface area contributed by atoms with Gasteiger partial charge in [-0.3, -0.25) is 0 Å². The zero-order chi connectivity index (χ0) is 21.3. The van der Waals surface area contributed by atoms with Crippen LogP contribution in [0, 0.1) is 0 Å². The Labute approximate surface area is 166 Å². The van der Waals surface area contributed by atoms with Crippen molar-refractivity contribution in [2.24, 2.45) is 0 Å². The van der Waals surface area contributed by atoms with Crippen molar-refractivity contribution in [3.63, 3.8) is 0 Å². The van der Waals surface area contributed by atoms with E-state index in [4.69, 9.17) is 15.6 Å². The molecule has 0 spiro atoms. The predicted octanol–water partition coefficient (Wildman–Crippen LogP) is -0.594. The summed E-state index contributed by atoms with van der Waals surface area (Å²) in [7, 11) is -3.77. The van der Waals surface area contributed by atoms with Gasteiger partial charge >= 0.3 is 5.97 Å². The third kappa shape index (κ3) is 4.18. The van der Waals surface area contributed by atoms with Gasteiger partial charge < -0.3 is 36.2 Å². The van der Waals surface area contributed by atoms with Crippen molar-refractivity contribution in [1.82, 2.24) is 0 Å². The minimum Gasteiger partial charge on any atom is -0.479 e. The summed E-state index contributed by atoms with van der Waals surface area (Å²) in [4.78, 5) is 11.2. The molecule has 0 saturated carbocycles. The minimum absolute atomic E-state index is 0.0109. The molecular weight excluding hydrogens is 404 g/mol. The fraction of sp³-hybridized carbons (Fsp3) is 0.278. The molecule has 156 valence electrons. The Bertz CT molecular complexity index is 978. The second kappa shape index (κ2) is 7.97. The maximum atomic E-state index is 12.6. The van der Waals surface area contributed by atoms with E-state index in [2.05, 4.69) is 5.32 Å². The summed E-state index contributed by atoms with van der Waals surface area (Å²) in [5.41, 5.74) is 6.31. The molecule has 2 aromatic carbocycles. The first-order valence-corrected chi connectivity index (χ1v) is 9.99. The molecule has 1 fully saturated rings. The summed E-state index contributed by atoms with van der Waals surface area (Å²) < 4.78 is 30.4. The Balaban J connectivity index is 1.78. The van der Waals surface area contributed by atoms with Crippen molar-refractivity contribution in [1.29, 1.82) is 0 Å². The van der Waals surface area contributed by atoms with Gasteiger partial charge in [0.05, 0.1) is 9.79 Å². The van der Waals surface area contributed by atoms with E-state index in [1.165, 1.54) is 48.5 Å². The summed E-state index contributed by atoms with van der Waals surface area (Å²) in [5.74, 6) is -1.50. The first-order valence-electron chi connectivity index (χ1n) is 8.51. The number of hydrogen-bond acceptors (Lipinski definition) is 9. The smallest absolute Gasteiger partial charge is 0.335 e. The van der Waals surface area contributed by atoms with E-state index in [0.717, 1.165) is 0 Å². The third-order valence-corrected chi connectivity index (χ3v) is 6.31. The van der Waals surface area contributed by atoms with Crippen LogP contribution in [-0.2, 0) is 19.4 Å². The molecule has 1 aliphatic rings. The number of aliphatic carboxylic acids is 1. The lowest BCUT2D eigenvalue weighted by molar-refractivity contribution is -0.221. The summed E-state index contributed by atoms with van der Waals surface area (Å²) >= 11 is 0.